The fourth-order valence-electron chi connectivity index (χ4n) is 2.24. The third-order valence-corrected chi connectivity index (χ3v) is 3.90. The van der Waals surface area contributed by atoms with Crippen LogP contribution in [0.5, 0.6) is 0 Å². The van der Waals surface area contributed by atoms with Gasteiger partial charge in [0.2, 0.25) is 0 Å². The minimum absolute atomic E-state index is 0.302. The van der Waals surface area contributed by atoms with Gasteiger partial charge >= 0.3 is 0 Å². The Morgan fingerprint density at radius 1 is 1.10 bits per heavy atom. The zero-order valence-electron chi connectivity index (χ0n) is 10.9. The van der Waals surface area contributed by atoms with E-state index in [2.05, 4.69) is 0 Å². The van der Waals surface area contributed by atoms with Crippen molar-refractivity contribution in [3.63, 3.8) is 0 Å². The van der Waals surface area contributed by atoms with Gasteiger partial charge in [0, 0.05) is 15.4 Å². The maximum Gasteiger partial charge on any atom is 0.134 e. The normalized spacial score (nSPS) is 12.8. The summed E-state index contributed by atoms with van der Waals surface area (Å²) in [6.45, 7) is 0. The summed E-state index contributed by atoms with van der Waals surface area (Å²) in [6.07, 6.45) is 0.512. The van der Waals surface area contributed by atoms with E-state index in [9.17, 15) is 4.39 Å². The van der Waals surface area contributed by atoms with Crippen LogP contribution in [-0.2, 0) is 6.42 Å². The molecule has 1 heterocycles. The van der Waals surface area contributed by atoms with Gasteiger partial charge in [-0.05, 0) is 48.4 Å². The van der Waals surface area contributed by atoms with Crippen LogP contribution in [0, 0.1) is 5.82 Å². The van der Waals surface area contributed by atoms with Crippen LogP contribution in [0.1, 0.15) is 17.4 Å². The predicted octanol–water partition coefficient (Wildman–Crippen LogP) is 5.12. The molecule has 0 aliphatic heterocycles. The second-order valence-electron chi connectivity index (χ2n) is 4.88. The van der Waals surface area contributed by atoms with E-state index >= 15 is 0 Å². The first-order valence-corrected chi connectivity index (χ1v) is 7.17. The molecule has 1 aromatic heterocycles. The summed E-state index contributed by atoms with van der Waals surface area (Å²) in [4.78, 5) is 0. The summed E-state index contributed by atoms with van der Waals surface area (Å²) in [5.41, 5.74) is 7.66. The molecule has 0 saturated carbocycles. The van der Waals surface area contributed by atoms with Crippen LogP contribution >= 0.6 is 23.2 Å². The number of furan rings is 1. The Hall–Kier alpha value is -1.55. The Kier molecular flexibility index (Phi) is 3.89. The van der Waals surface area contributed by atoms with Crippen LogP contribution in [0.3, 0.4) is 0 Å². The summed E-state index contributed by atoms with van der Waals surface area (Å²) in [5, 5.41) is 1.85. The molecule has 1 atom stereocenters. The summed E-state index contributed by atoms with van der Waals surface area (Å²) >= 11 is 12.0. The van der Waals surface area contributed by atoms with Gasteiger partial charge in [-0.25, -0.2) is 4.39 Å². The van der Waals surface area contributed by atoms with Gasteiger partial charge in [0.25, 0.3) is 0 Å². The minimum atomic E-state index is -0.362. The Balaban J connectivity index is 1.87. The van der Waals surface area contributed by atoms with Gasteiger partial charge in [0.1, 0.15) is 17.2 Å². The zero-order valence-corrected chi connectivity index (χ0v) is 12.5. The maximum absolute atomic E-state index is 13.2. The second-order valence-corrected chi connectivity index (χ2v) is 5.72. The number of nitrogens with two attached hydrogens (primary N) is 1. The first kappa shape index (κ1) is 14.4. The first-order chi connectivity index (χ1) is 10.0. The van der Waals surface area contributed by atoms with Gasteiger partial charge in [-0.2, -0.15) is 0 Å². The van der Waals surface area contributed by atoms with Gasteiger partial charge in [-0.3, -0.25) is 0 Å². The van der Waals surface area contributed by atoms with Crippen LogP contribution in [0.4, 0.5) is 4.39 Å². The molecular weight excluding hydrogens is 312 g/mol. The van der Waals surface area contributed by atoms with Crippen molar-refractivity contribution in [2.45, 2.75) is 12.5 Å². The smallest absolute Gasteiger partial charge is 0.134 e. The Labute approximate surface area is 131 Å². The predicted molar refractivity (Wildman–Crippen MR) is 83.3 cm³/mol. The number of hydrogen-bond donors (Lipinski definition) is 1. The first-order valence-electron chi connectivity index (χ1n) is 6.41. The lowest BCUT2D eigenvalue weighted by Crippen LogP contribution is -2.12. The highest BCUT2D eigenvalue weighted by molar-refractivity contribution is 6.35. The maximum atomic E-state index is 13.2. The number of rotatable bonds is 3. The molecule has 21 heavy (non-hydrogen) atoms. The number of fused-ring (bicyclic) bond motifs is 1. The third-order valence-electron chi connectivity index (χ3n) is 3.32. The van der Waals surface area contributed by atoms with Crippen LogP contribution in [0.25, 0.3) is 11.0 Å². The van der Waals surface area contributed by atoms with Crippen LogP contribution in [0.2, 0.25) is 10.0 Å². The van der Waals surface area contributed by atoms with E-state index in [0.29, 0.717) is 33.2 Å². The van der Waals surface area contributed by atoms with Crippen molar-refractivity contribution in [2.75, 3.05) is 0 Å². The molecule has 0 fully saturated rings. The Bertz CT molecular complexity index is 800. The van der Waals surface area contributed by atoms with Gasteiger partial charge in [0.05, 0.1) is 6.04 Å². The van der Waals surface area contributed by atoms with E-state index in [4.69, 9.17) is 33.4 Å². The lowest BCUT2D eigenvalue weighted by Gasteiger charge is -2.10. The highest BCUT2D eigenvalue weighted by atomic mass is 35.5. The topological polar surface area (TPSA) is 39.2 Å². The quantitative estimate of drug-likeness (QED) is 0.726. The number of benzene rings is 2. The highest BCUT2D eigenvalue weighted by Crippen LogP contribution is 2.28. The fraction of sp³-hybridized carbons (Fsp3) is 0.125. The molecule has 2 nitrogen and oxygen atoms in total. The van der Waals surface area contributed by atoms with E-state index in [-0.39, 0.29) is 11.9 Å². The van der Waals surface area contributed by atoms with Gasteiger partial charge in [-0.15, -0.1) is 0 Å². The Morgan fingerprint density at radius 3 is 2.67 bits per heavy atom. The van der Waals surface area contributed by atoms with Gasteiger partial charge in [0.15, 0.2) is 0 Å². The highest BCUT2D eigenvalue weighted by Gasteiger charge is 2.15. The molecule has 2 N–H and O–H groups in total. The van der Waals surface area contributed by atoms with E-state index in [1.807, 2.05) is 6.07 Å². The molecule has 5 heteroatoms. The molecular formula is C16H12Cl2FNO. The van der Waals surface area contributed by atoms with E-state index in [0.717, 1.165) is 5.56 Å². The third kappa shape index (κ3) is 3.05. The molecule has 0 amide bonds. The average molecular weight is 324 g/mol. The standard InChI is InChI=1S/C16H12Cl2FNO/c17-11-2-1-9(13(18)8-11)6-14(20)16-7-10-5-12(19)3-4-15(10)21-16/h1-5,7-8,14H,6,20H2. The molecule has 3 aromatic rings. The molecule has 0 aliphatic carbocycles. The van der Waals surface area contributed by atoms with Crippen LogP contribution in [-0.4, -0.2) is 0 Å². The monoisotopic (exact) mass is 323 g/mol. The zero-order chi connectivity index (χ0) is 15.0. The van der Waals surface area contributed by atoms with Crippen molar-refractivity contribution >= 4 is 34.2 Å². The van der Waals surface area contributed by atoms with Crippen molar-refractivity contribution in [1.29, 1.82) is 0 Å². The summed E-state index contributed by atoms with van der Waals surface area (Å²) in [6, 6.07) is 11.1. The Morgan fingerprint density at radius 2 is 1.90 bits per heavy atom. The summed E-state index contributed by atoms with van der Waals surface area (Å²) in [5.74, 6) is 0.297. The molecule has 0 aliphatic rings. The second kappa shape index (κ2) is 5.68. The number of hydrogen-bond acceptors (Lipinski definition) is 2. The van der Waals surface area contributed by atoms with Crippen LogP contribution < -0.4 is 5.73 Å². The SMILES string of the molecule is NC(Cc1ccc(Cl)cc1Cl)c1cc2cc(F)ccc2o1. The van der Waals surface area contributed by atoms with E-state index in [1.165, 1.54) is 12.1 Å². The van der Waals surface area contributed by atoms with Crippen molar-refractivity contribution in [3.8, 4) is 0 Å². The number of halogens is 3. The molecule has 108 valence electrons. The van der Waals surface area contributed by atoms with Gasteiger partial charge in [-0.1, -0.05) is 29.3 Å². The lowest BCUT2D eigenvalue weighted by atomic mass is 10.0. The van der Waals surface area contributed by atoms with E-state index < -0.39 is 0 Å². The summed E-state index contributed by atoms with van der Waals surface area (Å²) < 4.78 is 18.8. The van der Waals surface area contributed by atoms with Crippen molar-refractivity contribution in [1.82, 2.24) is 0 Å². The molecule has 0 saturated heterocycles. The molecule has 3 rings (SSSR count). The molecule has 0 spiro atoms. The summed E-state index contributed by atoms with van der Waals surface area (Å²) in [7, 11) is 0. The van der Waals surface area contributed by atoms with Gasteiger partial charge < -0.3 is 10.2 Å². The van der Waals surface area contributed by atoms with Crippen molar-refractivity contribution in [3.05, 3.63) is 69.7 Å². The average Bonchev–Trinajstić information content (AvgIpc) is 2.85. The molecule has 2 aromatic carbocycles. The van der Waals surface area contributed by atoms with Crippen molar-refractivity contribution < 1.29 is 8.81 Å². The molecule has 0 bridgehead atoms. The van der Waals surface area contributed by atoms with E-state index in [1.54, 1.807) is 24.3 Å². The molecule has 1 unspecified atom stereocenters. The largest absolute Gasteiger partial charge is 0.459 e. The fourth-order valence-corrected chi connectivity index (χ4v) is 2.73. The lowest BCUT2D eigenvalue weighted by molar-refractivity contribution is 0.493. The minimum Gasteiger partial charge on any atom is -0.459 e. The van der Waals surface area contributed by atoms with Crippen molar-refractivity contribution in [2.24, 2.45) is 5.73 Å². The molecule has 0 radical (unpaired) electrons. The van der Waals surface area contributed by atoms with Crippen LogP contribution in [0.15, 0.2) is 46.9 Å².